The molecule has 0 spiro atoms. The van der Waals surface area contributed by atoms with Crippen molar-refractivity contribution in [3.05, 3.63) is 48.0 Å². The zero-order valence-corrected chi connectivity index (χ0v) is 15.6. The minimum atomic E-state index is 0.476. The highest BCUT2D eigenvalue weighted by Crippen LogP contribution is 2.07. The van der Waals surface area contributed by atoms with Crippen LogP contribution in [0, 0.1) is 0 Å². The Hall–Kier alpha value is -2.41. The van der Waals surface area contributed by atoms with Crippen LogP contribution in [0.3, 0.4) is 0 Å². The molecule has 0 amide bonds. The highest BCUT2D eigenvalue weighted by atomic mass is 15.3. The minimum Gasteiger partial charge on any atom is -0.356 e. The molecule has 1 atom stereocenters. The number of rotatable bonds is 8. The van der Waals surface area contributed by atoms with Gasteiger partial charge in [0.05, 0.1) is 6.54 Å². The number of aromatic nitrogens is 3. The molecule has 136 valence electrons. The molecule has 25 heavy (non-hydrogen) atoms. The molecule has 0 fully saturated rings. The van der Waals surface area contributed by atoms with Gasteiger partial charge >= 0.3 is 0 Å². The number of benzene rings is 1. The summed E-state index contributed by atoms with van der Waals surface area (Å²) in [6.07, 6.45) is 2.73. The maximum atomic E-state index is 4.25. The zero-order chi connectivity index (χ0) is 18.1. The second-order valence-electron chi connectivity index (χ2n) is 6.25. The van der Waals surface area contributed by atoms with Crippen molar-refractivity contribution < 1.29 is 0 Å². The van der Waals surface area contributed by atoms with Gasteiger partial charge < -0.3 is 15.2 Å². The lowest BCUT2D eigenvalue weighted by atomic mass is 10.1. The van der Waals surface area contributed by atoms with Gasteiger partial charge in [-0.15, -0.1) is 10.2 Å². The van der Waals surface area contributed by atoms with Gasteiger partial charge in [-0.05, 0) is 26.0 Å². The number of hydrogen-bond acceptors (Lipinski definition) is 4. The summed E-state index contributed by atoms with van der Waals surface area (Å²) >= 11 is 0. The average molecular weight is 343 g/mol. The molecule has 0 aliphatic rings. The number of nitrogens with one attached hydrogen (secondary N) is 2. The Balaban J connectivity index is 1.69. The van der Waals surface area contributed by atoms with E-state index in [9.17, 15) is 0 Å². The van der Waals surface area contributed by atoms with Gasteiger partial charge in [0.15, 0.2) is 11.8 Å². The fourth-order valence-electron chi connectivity index (χ4n) is 2.50. The van der Waals surface area contributed by atoms with Crippen LogP contribution >= 0.6 is 0 Å². The zero-order valence-electron chi connectivity index (χ0n) is 15.6. The van der Waals surface area contributed by atoms with Crippen molar-refractivity contribution in [3.63, 3.8) is 0 Å². The maximum Gasteiger partial charge on any atom is 0.191 e. The molecule has 1 unspecified atom stereocenters. The van der Waals surface area contributed by atoms with Crippen molar-refractivity contribution in [2.75, 3.05) is 20.6 Å². The average Bonchev–Trinajstić information content (AvgIpc) is 3.03. The first kappa shape index (κ1) is 18.9. The lowest BCUT2D eigenvalue weighted by Crippen LogP contribution is -2.40. The maximum absolute atomic E-state index is 4.25. The molecular formula is C18H29N7. The molecule has 7 heteroatoms. The molecule has 0 saturated heterocycles. The van der Waals surface area contributed by atoms with Gasteiger partial charge in [0, 0.05) is 33.2 Å². The number of nitrogens with zero attached hydrogens (tertiary/aromatic N) is 5. The van der Waals surface area contributed by atoms with E-state index in [-0.39, 0.29) is 0 Å². The van der Waals surface area contributed by atoms with E-state index in [2.05, 4.69) is 75.0 Å². The summed E-state index contributed by atoms with van der Waals surface area (Å²) in [5.41, 5.74) is 1.34. The van der Waals surface area contributed by atoms with Crippen LogP contribution < -0.4 is 10.6 Å². The summed E-state index contributed by atoms with van der Waals surface area (Å²) in [5.74, 6) is 1.65. The lowest BCUT2D eigenvalue weighted by molar-refractivity contribution is 0.238. The van der Waals surface area contributed by atoms with E-state index in [0.29, 0.717) is 12.6 Å². The Morgan fingerprint density at radius 3 is 2.68 bits per heavy atom. The molecule has 2 N–H and O–H groups in total. The van der Waals surface area contributed by atoms with Crippen molar-refractivity contribution in [1.29, 1.82) is 0 Å². The van der Waals surface area contributed by atoms with E-state index in [4.69, 9.17) is 0 Å². The molecule has 0 bridgehead atoms. The monoisotopic (exact) mass is 343 g/mol. The van der Waals surface area contributed by atoms with Gasteiger partial charge in [-0.1, -0.05) is 30.3 Å². The number of guanidine groups is 1. The van der Waals surface area contributed by atoms with E-state index in [1.165, 1.54) is 5.56 Å². The van der Waals surface area contributed by atoms with Crippen LogP contribution in [0.1, 0.15) is 24.7 Å². The fraction of sp³-hybridized carbons (Fsp3) is 0.500. The fourth-order valence-corrected chi connectivity index (χ4v) is 2.50. The normalized spacial score (nSPS) is 13.1. The van der Waals surface area contributed by atoms with Crippen LogP contribution in [0.5, 0.6) is 0 Å². The minimum absolute atomic E-state index is 0.476. The van der Waals surface area contributed by atoms with Crippen LogP contribution in [-0.2, 0) is 20.1 Å². The van der Waals surface area contributed by atoms with Gasteiger partial charge in [-0.3, -0.25) is 9.89 Å². The SMILES string of the molecule is CN=C(NCCC(C)N(C)Cc1ccccc1)NCc1nncn1C. The standard InChI is InChI=1S/C18H29N7/c1-15(24(3)13-16-8-6-5-7-9-16)10-11-20-18(19-2)21-12-17-23-22-14-25(17)4/h5-9,14-15H,10-13H2,1-4H3,(H2,19,20,21). The Kier molecular flexibility index (Phi) is 7.40. The smallest absolute Gasteiger partial charge is 0.191 e. The van der Waals surface area contributed by atoms with E-state index in [1.807, 2.05) is 11.6 Å². The van der Waals surface area contributed by atoms with Gasteiger partial charge in [-0.25, -0.2) is 0 Å². The third-order valence-corrected chi connectivity index (χ3v) is 4.32. The highest BCUT2D eigenvalue weighted by Gasteiger charge is 2.10. The molecule has 0 aliphatic heterocycles. The number of hydrogen-bond donors (Lipinski definition) is 2. The lowest BCUT2D eigenvalue weighted by Gasteiger charge is -2.25. The second-order valence-corrected chi connectivity index (χ2v) is 6.25. The predicted molar refractivity (Wildman–Crippen MR) is 101 cm³/mol. The van der Waals surface area contributed by atoms with Crippen LogP contribution in [0.2, 0.25) is 0 Å². The Morgan fingerprint density at radius 2 is 2.04 bits per heavy atom. The summed E-state index contributed by atoms with van der Waals surface area (Å²) in [7, 11) is 5.87. The van der Waals surface area contributed by atoms with Crippen molar-refractivity contribution in [2.45, 2.75) is 32.5 Å². The second kappa shape index (κ2) is 9.78. The van der Waals surface area contributed by atoms with Crippen molar-refractivity contribution >= 4 is 5.96 Å². The molecule has 2 rings (SSSR count). The van der Waals surface area contributed by atoms with Crippen molar-refractivity contribution in [2.24, 2.45) is 12.0 Å². The summed E-state index contributed by atoms with van der Waals surface area (Å²) in [6.45, 7) is 4.67. The Labute approximate surface area is 150 Å². The number of aliphatic imine (C=N–C) groups is 1. The Morgan fingerprint density at radius 1 is 1.28 bits per heavy atom. The summed E-state index contributed by atoms with van der Waals surface area (Å²) in [6, 6.07) is 11.0. The molecular weight excluding hydrogens is 314 g/mol. The van der Waals surface area contributed by atoms with E-state index < -0.39 is 0 Å². The molecule has 1 aromatic carbocycles. The van der Waals surface area contributed by atoms with Crippen molar-refractivity contribution in [3.8, 4) is 0 Å². The third-order valence-electron chi connectivity index (χ3n) is 4.32. The molecule has 1 heterocycles. The molecule has 0 aliphatic carbocycles. The molecule has 7 nitrogen and oxygen atoms in total. The van der Waals surface area contributed by atoms with Gasteiger partial charge in [-0.2, -0.15) is 0 Å². The van der Waals surface area contributed by atoms with E-state index in [0.717, 1.165) is 31.3 Å². The largest absolute Gasteiger partial charge is 0.356 e. The van der Waals surface area contributed by atoms with Crippen LogP contribution in [-0.4, -0.2) is 52.3 Å². The molecule has 0 radical (unpaired) electrons. The third kappa shape index (κ3) is 6.19. The first-order chi connectivity index (χ1) is 12.1. The van der Waals surface area contributed by atoms with Gasteiger partial charge in [0.1, 0.15) is 6.33 Å². The first-order valence-electron chi connectivity index (χ1n) is 8.61. The topological polar surface area (TPSA) is 70.4 Å². The molecule has 0 saturated carbocycles. The van der Waals surface area contributed by atoms with Crippen LogP contribution in [0.25, 0.3) is 0 Å². The molecule has 1 aromatic heterocycles. The van der Waals surface area contributed by atoms with Crippen molar-refractivity contribution in [1.82, 2.24) is 30.3 Å². The number of aryl methyl sites for hydroxylation is 1. The first-order valence-corrected chi connectivity index (χ1v) is 8.61. The summed E-state index contributed by atoms with van der Waals surface area (Å²) < 4.78 is 1.89. The van der Waals surface area contributed by atoms with Gasteiger partial charge in [0.25, 0.3) is 0 Å². The van der Waals surface area contributed by atoms with E-state index >= 15 is 0 Å². The van der Waals surface area contributed by atoms with Crippen LogP contribution in [0.4, 0.5) is 0 Å². The van der Waals surface area contributed by atoms with E-state index in [1.54, 1.807) is 13.4 Å². The summed E-state index contributed by atoms with van der Waals surface area (Å²) in [5, 5.41) is 14.5. The molecule has 2 aromatic rings. The predicted octanol–water partition coefficient (Wildman–Crippen LogP) is 1.39. The highest BCUT2D eigenvalue weighted by molar-refractivity contribution is 5.79. The van der Waals surface area contributed by atoms with Crippen LogP contribution in [0.15, 0.2) is 41.7 Å². The van der Waals surface area contributed by atoms with Gasteiger partial charge in [0.2, 0.25) is 0 Å². The summed E-state index contributed by atoms with van der Waals surface area (Å²) in [4.78, 5) is 6.62. The quantitative estimate of drug-likeness (QED) is 0.560. The Bertz CT molecular complexity index is 650.